The maximum atomic E-state index is 12.7. The zero-order valence-corrected chi connectivity index (χ0v) is 19.3. The minimum Gasteiger partial charge on any atom is -0.490 e. The van der Waals surface area contributed by atoms with Gasteiger partial charge in [-0.1, -0.05) is 60.3 Å². The summed E-state index contributed by atoms with van der Waals surface area (Å²) in [6, 6.07) is 25.6. The van der Waals surface area contributed by atoms with Crippen molar-refractivity contribution >= 4 is 23.4 Å². The molecule has 0 fully saturated rings. The van der Waals surface area contributed by atoms with Crippen molar-refractivity contribution in [1.82, 2.24) is 14.8 Å². The zero-order valence-electron chi connectivity index (χ0n) is 18.5. The Balaban J connectivity index is 1.30. The number of rotatable bonds is 7. The van der Waals surface area contributed by atoms with Crippen LogP contribution in [0.25, 0.3) is 5.69 Å². The highest BCUT2D eigenvalue weighted by molar-refractivity contribution is 7.99. The maximum Gasteiger partial charge on any atom is 0.234 e. The third-order valence-electron chi connectivity index (χ3n) is 5.28. The van der Waals surface area contributed by atoms with Crippen molar-refractivity contribution in [3.05, 3.63) is 90.3 Å². The number of carbonyl (C=O) groups excluding carboxylic acids is 1. The second kappa shape index (κ2) is 10.4. The van der Waals surface area contributed by atoms with Gasteiger partial charge in [0.15, 0.2) is 16.7 Å². The molecule has 2 heterocycles. The van der Waals surface area contributed by atoms with Gasteiger partial charge in [-0.05, 0) is 29.8 Å². The molecular weight excluding hydrogens is 448 g/mol. The van der Waals surface area contributed by atoms with Gasteiger partial charge in [-0.3, -0.25) is 9.36 Å². The first-order chi connectivity index (χ1) is 16.8. The molecule has 1 aromatic heterocycles. The number of hydrogen-bond donors (Lipinski definition) is 1. The van der Waals surface area contributed by atoms with Crippen LogP contribution >= 0.6 is 11.8 Å². The number of thioether (sulfide) groups is 1. The van der Waals surface area contributed by atoms with Crippen molar-refractivity contribution in [3.63, 3.8) is 0 Å². The van der Waals surface area contributed by atoms with Crippen LogP contribution in [0.2, 0.25) is 0 Å². The molecule has 1 aliphatic heterocycles. The Morgan fingerprint density at radius 1 is 0.912 bits per heavy atom. The monoisotopic (exact) mass is 472 g/mol. The predicted molar refractivity (Wildman–Crippen MR) is 132 cm³/mol. The number of nitrogens with zero attached hydrogens (tertiary/aromatic N) is 3. The van der Waals surface area contributed by atoms with Crippen LogP contribution in [0.15, 0.2) is 84.0 Å². The van der Waals surface area contributed by atoms with Crippen molar-refractivity contribution in [2.24, 2.45) is 0 Å². The molecule has 0 radical (unpaired) electrons. The Bertz CT molecular complexity index is 1260. The Morgan fingerprint density at radius 3 is 2.44 bits per heavy atom. The lowest BCUT2D eigenvalue weighted by Crippen LogP contribution is -2.15. The molecule has 4 aromatic rings. The number of aromatic nitrogens is 3. The first-order valence-electron chi connectivity index (χ1n) is 11.1. The van der Waals surface area contributed by atoms with Gasteiger partial charge in [0.05, 0.1) is 19.0 Å². The molecule has 0 atom stereocenters. The van der Waals surface area contributed by atoms with Crippen LogP contribution in [0.1, 0.15) is 17.8 Å². The van der Waals surface area contributed by atoms with E-state index in [4.69, 9.17) is 9.47 Å². The van der Waals surface area contributed by atoms with Crippen molar-refractivity contribution in [2.45, 2.75) is 18.0 Å². The molecule has 0 saturated carbocycles. The molecule has 0 aliphatic carbocycles. The quantitative estimate of drug-likeness (QED) is 0.391. The molecular formula is C26H24N4O3S. The molecule has 3 aromatic carbocycles. The van der Waals surface area contributed by atoms with E-state index in [1.165, 1.54) is 11.8 Å². The van der Waals surface area contributed by atoms with Gasteiger partial charge in [-0.15, -0.1) is 10.2 Å². The van der Waals surface area contributed by atoms with Crippen LogP contribution in [-0.4, -0.2) is 39.6 Å². The van der Waals surface area contributed by atoms with E-state index in [0.717, 1.165) is 23.5 Å². The molecule has 8 heteroatoms. The van der Waals surface area contributed by atoms with E-state index < -0.39 is 0 Å². The highest BCUT2D eigenvalue weighted by Crippen LogP contribution is 2.32. The molecule has 0 spiro atoms. The number of para-hydroxylation sites is 1. The lowest BCUT2D eigenvalue weighted by atomic mass is 10.1. The summed E-state index contributed by atoms with van der Waals surface area (Å²) >= 11 is 1.35. The third kappa shape index (κ3) is 5.23. The van der Waals surface area contributed by atoms with Gasteiger partial charge in [-0.25, -0.2) is 0 Å². The molecule has 7 nitrogen and oxygen atoms in total. The number of anilines is 1. The minimum atomic E-state index is -0.133. The number of amides is 1. The molecule has 0 bridgehead atoms. The predicted octanol–water partition coefficient (Wildman–Crippen LogP) is 4.75. The zero-order chi connectivity index (χ0) is 23.2. The summed E-state index contributed by atoms with van der Waals surface area (Å²) in [6.07, 6.45) is 1.48. The fraction of sp³-hybridized carbons (Fsp3) is 0.192. The second-order valence-electron chi connectivity index (χ2n) is 7.78. The fourth-order valence-corrected chi connectivity index (χ4v) is 4.46. The topological polar surface area (TPSA) is 78.3 Å². The summed E-state index contributed by atoms with van der Waals surface area (Å²) in [5, 5.41) is 12.4. The molecule has 1 aliphatic rings. The van der Waals surface area contributed by atoms with E-state index in [-0.39, 0.29) is 11.7 Å². The van der Waals surface area contributed by atoms with Gasteiger partial charge in [-0.2, -0.15) is 0 Å². The molecule has 5 rings (SSSR count). The van der Waals surface area contributed by atoms with Crippen molar-refractivity contribution in [2.75, 3.05) is 24.3 Å². The second-order valence-corrected chi connectivity index (χ2v) is 8.72. The van der Waals surface area contributed by atoms with E-state index in [0.29, 0.717) is 42.0 Å². The van der Waals surface area contributed by atoms with Gasteiger partial charge >= 0.3 is 0 Å². The minimum absolute atomic E-state index is 0.133. The first-order valence-corrected chi connectivity index (χ1v) is 12.1. The molecule has 0 unspecified atom stereocenters. The van der Waals surface area contributed by atoms with E-state index >= 15 is 0 Å². The van der Waals surface area contributed by atoms with Gasteiger partial charge in [0.2, 0.25) is 5.91 Å². The number of carbonyl (C=O) groups is 1. The van der Waals surface area contributed by atoms with E-state index in [2.05, 4.69) is 27.6 Å². The number of fused-ring (bicyclic) bond motifs is 1. The Hall–Kier alpha value is -3.78. The largest absolute Gasteiger partial charge is 0.490 e. The van der Waals surface area contributed by atoms with Crippen LogP contribution in [-0.2, 0) is 11.2 Å². The third-order valence-corrected chi connectivity index (χ3v) is 6.21. The fourth-order valence-electron chi connectivity index (χ4n) is 3.69. The Morgan fingerprint density at radius 2 is 1.65 bits per heavy atom. The summed E-state index contributed by atoms with van der Waals surface area (Å²) in [5.41, 5.74) is 2.78. The molecule has 0 saturated heterocycles. The number of hydrogen-bond acceptors (Lipinski definition) is 6. The number of ether oxygens (including phenoxy) is 2. The van der Waals surface area contributed by atoms with E-state index in [1.54, 1.807) is 6.07 Å². The smallest absolute Gasteiger partial charge is 0.234 e. The van der Waals surface area contributed by atoms with Crippen molar-refractivity contribution in [1.29, 1.82) is 0 Å². The van der Waals surface area contributed by atoms with Crippen LogP contribution in [0.3, 0.4) is 0 Å². The van der Waals surface area contributed by atoms with Crippen LogP contribution in [0.4, 0.5) is 5.69 Å². The van der Waals surface area contributed by atoms with Gasteiger partial charge in [0.1, 0.15) is 5.82 Å². The van der Waals surface area contributed by atoms with Crippen LogP contribution in [0, 0.1) is 0 Å². The summed E-state index contributed by atoms with van der Waals surface area (Å²) in [5.74, 6) is 2.24. The Kier molecular flexibility index (Phi) is 6.76. The maximum absolute atomic E-state index is 12.7. The SMILES string of the molecule is O=C(CSc1nnc(Cc2ccccc2)n1-c1ccccc1)Nc1ccc2c(c1)OCCCO2. The number of nitrogens with one attached hydrogen (secondary N) is 1. The lowest BCUT2D eigenvalue weighted by molar-refractivity contribution is -0.113. The highest BCUT2D eigenvalue weighted by atomic mass is 32.2. The van der Waals surface area contributed by atoms with Gasteiger partial charge < -0.3 is 14.8 Å². The molecule has 172 valence electrons. The lowest BCUT2D eigenvalue weighted by Gasteiger charge is -2.11. The summed E-state index contributed by atoms with van der Waals surface area (Å²) in [7, 11) is 0. The summed E-state index contributed by atoms with van der Waals surface area (Å²) in [6.45, 7) is 1.23. The van der Waals surface area contributed by atoms with Gasteiger partial charge in [0.25, 0.3) is 0 Å². The molecule has 34 heavy (non-hydrogen) atoms. The first kappa shape index (κ1) is 22.0. The number of benzene rings is 3. The van der Waals surface area contributed by atoms with E-state index in [9.17, 15) is 4.79 Å². The van der Waals surface area contributed by atoms with Crippen molar-refractivity contribution < 1.29 is 14.3 Å². The molecule has 1 N–H and O–H groups in total. The van der Waals surface area contributed by atoms with E-state index in [1.807, 2.05) is 65.2 Å². The highest BCUT2D eigenvalue weighted by Gasteiger charge is 2.17. The average Bonchev–Trinajstić information content (AvgIpc) is 3.11. The standard InChI is InChI=1S/C26H24N4O3S/c31-25(27-20-12-13-22-23(17-20)33-15-7-14-32-22)18-34-26-29-28-24(16-19-8-3-1-4-9-19)30(26)21-10-5-2-6-11-21/h1-6,8-13,17H,7,14-16,18H2,(H,27,31). The van der Waals surface area contributed by atoms with Crippen LogP contribution in [0.5, 0.6) is 11.5 Å². The van der Waals surface area contributed by atoms with Gasteiger partial charge in [0, 0.05) is 30.3 Å². The van der Waals surface area contributed by atoms with Crippen LogP contribution < -0.4 is 14.8 Å². The Labute approximate surface area is 202 Å². The summed E-state index contributed by atoms with van der Waals surface area (Å²) < 4.78 is 13.4. The normalized spacial score (nSPS) is 12.7. The van der Waals surface area contributed by atoms with Crippen molar-refractivity contribution in [3.8, 4) is 17.2 Å². The average molecular weight is 473 g/mol. The molecule has 1 amide bonds. The summed E-state index contributed by atoms with van der Waals surface area (Å²) in [4.78, 5) is 12.7.